The summed E-state index contributed by atoms with van der Waals surface area (Å²) in [6.07, 6.45) is 0.0273. The first-order valence-corrected chi connectivity index (χ1v) is 9.10. The monoisotopic (exact) mass is 385 g/mol. The van der Waals surface area contributed by atoms with Crippen molar-refractivity contribution < 1.29 is 19.1 Å². The minimum absolute atomic E-state index is 0.0273. The summed E-state index contributed by atoms with van der Waals surface area (Å²) in [4.78, 5) is 28.9. The van der Waals surface area contributed by atoms with Gasteiger partial charge < -0.3 is 20.1 Å². The molecule has 1 aliphatic rings. The Hall–Kier alpha value is -3.00. The van der Waals surface area contributed by atoms with E-state index in [1.54, 1.807) is 25.3 Å². The summed E-state index contributed by atoms with van der Waals surface area (Å²) in [5, 5.41) is 5.45. The van der Waals surface area contributed by atoms with Crippen LogP contribution < -0.4 is 20.1 Å². The van der Waals surface area contributed by atoms with Crippen LogP contribution in [0.2, 0.25) is 0 Å². The van der Waals surface area contributed by atoms with E-state index >= 15 is 0 Å². The second-order valence-electron chi connectivity index (χ2n) is 5.67. The number of carbonyl (C=O) groups is 2. The fraction of sp³-hybridized carbons (Fsp3) is 0.211. The Morgan fingerprint density at radius 3 is 2.67 bits per heavy atom. The molecule has 8 heteroatoms. The lowest BCUT2D eigenvalue weighted by molar-refractivity contribution is -0.122. The number of anilines is 1. The smallest absolute Gasteiger partial charge is 0.240 e. The van der Waals surface area contributed by atoms with Gasteiger partial charge in [0.1, 0.15) is 16.7 Å². The lowest BCUT2D eigenvalue weighted by Crippen LogP contribution is -2.28. The van der Waals surface area contributed by atoms with Crippen LogP contribution in [0.5, 0.6) is 11.5 Å². The third-order valence-corrected chi connectivity index (χ3v) is 4.90. The van der Waals surface area contributed by atoms with Crippen molar-refractivity contribution in [1.29, 1.82) is 0 Å². The van der Waals surface area contributed by atoms with Gasteiger partial charge in [0, 0.05) is 12.5 Å². The minimum Gasteiger partial charge on any atom is -0.497 e. The Morgan fingerprint density at radius 2 is 1.96 bits per heavy atom. The molecule has 1 saturated heterocycles. The van der Waals surface area contributed by atoms with Gasteiger partial charge in [-0.15, -0.1) is 0 Å². The standard InChI is InChI=1S/C19H19N3O4S/c1-25-13-8-9-14(15(10-13)26-2)21-17(23)11-16-18(24)22-19(27-16)20-12-6-4-3-5-7-12/h3-10,16H,11H2,1-2H3,(H,21,23)(H,20,22,24)/t16-/m0/s1. The number of amidine groups is 1. The van der Waals surface area contributed by atoms with E-state index in [-0.39, 0.29) is 18.2 Å². The summed E-state index contributed by atoms with van der Waals surface area (Å²) in [6.45, 7) is 0. The number of amides is 2. The van der Waals surface area contributed by atoms with Crippen LogP contribution in [0, 0.1) is 0 Å². The summed E-state index contributed by atoms with van der Waals surface area (Å²) in [5.74, 6) is 0.591. The minimum atomic E-state index is -0.531. The van der Waals surface area contributed by atoms with Gasteiger partial charge in [0.25, 0.3) is 0 Å². The Balaban J connectivity index is 1.63. The van der Waals surface area contributed by atoms with Crippen LogP contribution in [0.3, 0.4) is 0 Å². The SMILES string of the molecule is COc1ccc(NC(=O)C[C@@H]2SC(=Nc3ccccc3)NC2=O)c(OC)c1. The summed E-state index contributed by atoms with van der Waals surface area (Å²) in [6, 6.07) is 14.4. The molecule has 2 aromatic carbocycles. The number of hydrogen-bond acceptors (Lipinski definition) is 6. The molecule has 3 rings (SSSR count). The first-order chi connectivity index (χ1) is 13.1. The largest absolute Gasteiger partial charge is 0.497 e. The average molecular weight is 385 g/mol. The lowest BCUT2D eigenvalue weighted by Gasteiger charge is -2.12. The summed E-state index contributed by atoms with van der Waals surface area (Å²) in [5.41, 5.74) is 1.26. The third-order valence-electron chi connectivity index (χ3n) is 3.82. The van der Waals surface area contributed by atoms with Crippen molar-refractivity contribution in [2.75, 3.05) is 19.5 Å². The van der Waals surface area contributed by atoms with Crippen molar-refractivity contribution in [3.05, 3.63) is 48.5 Å². The number of carbonyl (C=O) groups excluding carboxylic acids is 2. The molecule has 27 heavy (non-hydrogen) atoms. The lowest BCUT2D eigenvalue weighted by atomic mass is 10.2. The van der Waals surface area contributed by atoms with Crippen LogP contribution in [0.25, 0.3) is 0 Å². The highest BCUT2D eigenvalue weighted by molar-refractivity contribution is 8.15. The molecular formula is C19H19N3O4S. The van der Waals surface area contributed by atoms with E-state index in [0.29, 0.717) is 22.4 Å². The molecule has 2 amide bonds. The van der Waals surface area contributed by atoms with Gasteiger partial charge in [-0.3, -0.25) is 9.59 Å². The molecule has 1 fully saturated rings. The average Bonchev–Trinajstić information content (AvgIpc) is 3.01. The zero-order valence-electron chi connectivity index (χ0n) is 14.9. The molecule has 0 bridgehead atoms. The van der Waals surface area contributed by atoms with Crippen LogP contribution in [0.15, 0.2) is 53.5 Å². The van der Waals surface area contributed by atoms with Gasteiger partial charge in [-0.05, 0) is 24.3 Å². The van der Waals surface area contributed by atoms with E-state index in [0.717, 1.165) is 5.69 Å². The molecule has 0 aromatic heterocycles. The van der Waals surface area contributed by atoms with Gasteiger partial charge in [-0.1, -0.05) is 30.0 Å². The van der Waals surface area contributed by atoms with E-state index in [1.165, 1.54) is 18.9 Å². The van der Waals surface area contributed by atoms with Crippen molar-refractivity contribution in [3.8, 4) is 11.5 Å². The molecule has 2 aromatic rings. The molecule has 2 N–H and O–H groups in total. The Labute approximate surface area is 161 Å². The number of benzene rings is 2. The highest BCUT2D eigenvalue weighted by Crippen LogP contribution is 2.30. The maximum absolute atomic E-state index is 12.4. The number of hydrogen-bond donors (Lipinski definition) is 2. The molecule has 1 heterocycles. The second kappa shape index (κ2) is 8.59. The van der Waals surface area contributed by atoms with Crippen LogP contribution in [-0.4, -0.2) is 36.5 Å². The topological polar surface area (TPSA) is 89.0 Å². The number of methoxy groups -OCH3 is 2. The van der Waals surface area contributed by atoms with Crippen molar-refractivity contribution in [2.45, 2.75) is 11.7 Å². The van der Waals surface area contributed by atoms with Gasteiger partial charge in [0.05, 0.1) is 25.6 Å². The summed E-state index contributed by atoms with van der Waals surface area (Å²) >= 11 is 1.25. The van der Waals surface area contributed by atoms with E-state index in [1.807, 2.05) is 30.3 Å². The quantitative estimate of drug-likeness (QED) is 0.798. The number of ether oxygens (including phenoxy) is 2. The van der Waals surface area contributed by atoms with E-state index in [4.69, 9.17) is 9.47 Å². The molecule has 0 aliphatic carbocycles. The number of rotatable bonds is 6. The fourth-order valence-electron chi connectivity index (χ4n) is 2.48. The van der Waals surface area contributed by atoms with Crippen LogP contribution in [0.1, 0.15) is 6.42 Å². The number of nitrogens with zero attached hydrogens (tertiary/aromatic N) is 1. The number of nitrogens with one attached hydrogen (secondary N) is 2. The maximum Gasteiger partial charge on any atom is 0.240 e. The van der Waals surface area contributed by atoms with Gasteiger partial charge in [0.15, 0.2) is 5.17 Å². The van der Waals surface area contributed by atoms with Gasteiger partial charge in [-0.25, -0.2) is 4.99 Å². The number of aliphatic imine (C=N–C) groups is 1. The van der Waals surface area contributed by atoms with Crippen molar-refractivity contribution in [2.24, 2.45) is 4.99 Å². The molecule has 0 spiro atoms. The first-order valence-electron chi connectivity index (χ1n) is 8.22. The summed E-state index contributed by atoms with van der Waals surface area (Å²) < 4.78 is 10.4. The van der Waals surface area contributed by atoms with Gasteiger partial charge in [-0.2, -0.15) is 0 Å². The van der Waals surface area contributed by atoms with E-state index < -0.39 is 5.25 Å². The molecule has 140 valence electrons. The Kier molecular flexibility index (Phi) is 5.97. The third kappa shape index (κ3) is 4.79. The number of thioether (sulfide) groups is 1. The zero-order valence-corrected chi connectivity index (χ0v) is 15.7. The highest BCUT2D eigenvalue weighted by Gasteiger charge is 2.32. The van der Waals surface area contributed by atoms with Gasteiger partial charge >= 0.3 is 0 Å². The van der Waals surface area contributed by atoms with Crippen molar-refractivity contribution >= 4 is 40.1 Å². The molecule has 0 radical (unpaired) electrons. The Bertz CT molecular complexity index is 871. The zero-order chi connectivity index (χ0) is 19.2. The normalized spacial score (nSPS) is 17.5. The van der Waals surface area contributed by atoms with Crippen LogP contribution >= 0.6 is 11.8 Å². The van der Waals surface area contributed by atoms with Crippen LogP contribution in [0.4, 0.5) is 11.4 Å². The molecule has 1 atom stereocenters. The van der Waals surface area contributed by atoms with Crippen molar-refractivity contribution in [3.63, 3.8) is 0 Å². The highest BCUT2D eigenvalue weighted by atomic mass is 32.2. The molecule has 1 aliphatic heterocycles. The second-order valence-corrected chi connectivity index (χ2v) is 6.86. The summed E-state index contributed by atoms with van der Waals surface area (Å²) in [7, 11) is 3.06. The van der Waals surface area contributed by atoms with Crippen LogP contribution in [-0.2, 0) is 9.59 Å². The molecular weight excluding hydrogens is 366 g/mol. The molecule has 0 saturated carbocycles. The van der Waals surface area contributed by atoms with Crippen molar-refractivity contribution in [1.82, 2.24) is 5.32 Å². The van der Waals surface area contributed by atoms with Gasteiger partial charge in [0.2, 0.25) is 11.8 Å². The maximum atomic E-state index is 12.4. The molecule has 7 nitrogen and oxygen atoms in total. The Morgan fingerprint density at radius 1 is 1.19 bits per heavy atom. The van der Waals surface area contributed by atoms with E-state index in [2.05, 4.69) is 15.6 Å². The molecule has 0 unspecified atom stereocenters. The fourth-order valence-corrected chi connectivity index (χ4v) is 3.47. The predicted molar refractivity (Wildman–Crippen MR) is 106 cm³/mol. The predicted octanol–water partition coefficient (Wildman–Crippen LogP) is 2.95. The number of para-hydroxylation sites is 1. The van der Waals surface area contributed by atoms with E-state index in [9.17, 15) is 9.59 Å². The first kappa shape index (κ1) is 18.8.